The van der Waals surface area contributed by atoms with Gasteiger partial charge in [-0.25, -0.2) is 10.4 Å². The van der Waals surface area contributed by atoms with Gasteiger partial charge in [0.25, 0.3) is 5.91 Å². The Morgan fingerprint density at radius 3 is 2.43 bits per heavy atom. The average Bonchev–Trinajstić information content (AvgIpc) is 3.25. The van der Waals surface area contributed by atoms with E-state index < -0.39 is 0 Å². The molecule has 0 spiro atoms. The van der Waals surface area contributed by atoms with Crippen LogP contribution in [-0.2, 0) is 0 Å². The van der Waals surface area contributed by atoms with E-state index in [2.05, 4.69) is 20.8 Å². The molecule has 0 aliphatic carbocycles. The molecule has 3 aromatic carbocycles. The number of benzene rings is 3. The first-order valence-corrected chi connectivity index (χ1v) is 10.4. The second kappa shape index (κ2) is 9.35. The molecule has 30 heavy (non-hydrogen) atoms. The Morgan fingerprint density at radius 1 is 0.967 bits per heavy atom. The Balaban J connectivity index is 1.35. The van der Waals surface area contributed by atoms with Gasteiger partial charge in [-0.3, -0.25) is 4.79 Å². The number of carbonyl (C=O) groups excluding carboxylic acids is 1. The second-order valence-electron chi connectivity index (χ2n) is 6.36. The van der Waals surface area contributed by atoms with Gasteiger partial charge < -0.3 is 5.32 Å². The van der Waals surface area contributed by atoms with Crippen molar-refractivity contribution in [1.82, 2.24) is 10.4 Å². The Morgan fingerprint density at radius 2 is 1.70 bits per heavy atom. The summed E-state index contributed by atoms with van der Waals surface area (Å²) < 4.78 is 0. The maximum Gasteiger partial charge on any atom is 0.271 e. The molecule has 0 aliphatic heterocycles. The third kappa shape index (κ3) is 5.11. The first-order valence-electron chi connectivity index (χ1n) is 9.14. The van der Waals surface area contributed by atoms with Crippen LogP contribution >= 0.6 is 22.9 Å². The molecule has 5 nitrogen and oxygen atoms in total. The van der Waals surface area contributed by atoms with E-state index in [1.54, 1.807) is 30.5 Å². The highest BCUT2D eigenvalue weighted by molar-refractivity contribution is 7.14. The molecule has 1 aromatic heterocycles. The van der Waals surface area contributed by atoms with Crippen LogP contribution < -0.4 is 10.7 Å². The van der Waals surface area contributed by atoms with Crippen molar-refractivity contribution in [2.45, 2.75) is 0 Å². The Labute approximate surface area is 183 Å². The van der Waals surface area contributed by atoms with Crippen molar-refractivity contribution < 1.29 is 4.79 Å². The maximum atomic E-state index is 12.2. The molecule has 0 aliphatic rings. The number of nitrogens with one attached hydrogen (secondary N) is 2. The number of anilines is 2. The van der Waals surface area contributed by atoms with E-state index in [9.17, 15) is 4.79 Å². The Hall–Kier alpha value is -3.48. The van der Waals surface area contributed by atoms with Crippen molar-refractivity contribution in [3.05, 3.63) is 100 Å². The van der Waals surface area contributed by atoms with Gasteiger partial charge >= 0.3 is 0 Å². The van der Waals surface area contributed by atoms with Gasteiger partial charge in [-0.15, -0.1) is 11.3 Å². The minimum atomic E-state index is -0.285. The number of hydrogen-bond acceptors (Lipinski definition) is 5. The second-order valence-corrected chi connectivity index (χ2v) is 7.65. The quantitative estimate of drug-likeness (QED) is 0.291. The Bertz CT molecular complexity index is 1160. The molecule has 0 radical (unpaired) electrons. The number of rotatable bonds is 6. The van der Waals surface area contributed by atoms with Gasteiger partial charge in [-0.1, -0.05) is 54.1 Å². The van der Waals surface area contributed by atoms with E-state index in [1.807, 2.05) is 60.0 Å². The lowest BCUT2D eigenvalue weighted by Crippen LogP contribution is -2.17. The van der Waals surface area contributed by atoms with E-state index in [-0.39, 0.29) is 5.91 Å². The number of aromatic nitrogens is 1. The van der Waals surface area contributed by atoms with Crippen LogP contribution in [0.15, 0.2) is 89.3 Å². The fraction of sp³-hybridized carbons (Fsp3) is 0. The fourth-order valence-electron chi connectivity index (χ4n) is 2.68. The van der Waals surface area contributed by atoms with Gasteiger partial charge in [0.05, 0.1) is 11.9 Å². The van der Waals surface area contributed by atoms with Crippen LogP contribution in [-0.4, -0.2) is 17.1 Å². The molecule has 0 unspecified atom stereocenters. The van der Waals surface area contributed by atoms with E-state index in [4.69, 9.17) is 11.6 Å². The average molecular weight is 433 g/mol. The SMILES string of the molecule is O=C(N/N=C\c1ccc(Cl)cc1)c1ccc(Nc2nc(-c3ccccc3)cs2)cc1. The highest BCUT2D eigenvalue weighted by Gasteiger charge is 2.07. The lowest BCUT2D eigenvalue weighted by molar-refractivity contribution is 0.0955. The number of amides is 1. The van der Waals surface area contributed by atoms with Gasteiger partial charge in [0.1, 0.15) is 0 Å². The third-order valence-corrected chi connectivity index (χ3v) is 5.23. The largest absolute Gasteiger partial charge is 0.332 e. The lowest BCUT2D eigenvalue weighted by Gasteiger charge is -2.04. The molecule has 1 amide bonds. The van der Waals surface area contributed by atoms with Crippen LogP contribution in [0.3, 0.4) is 0 Å². The normalized spacial score (nSPS) is 10.8. The molecule has 4 aromatic rings. The summed E-state index contributed by atoms with van der Waals surface area (Å²) in [5, 5.41) is 10.7. The highest BCUT2D eigenvalue weighted by atomic mass is 35.5. The summed E-state index contributed by atoms with van der Waals surface area (Å²) >= 11 is 7.38. The summed E-state index contributed by atoms with van der Waals surface area (Å²) in [6, 6.07) is 24.3. The minimum absolute atomic E-state index is 0.285. The molecule has 0 bridgehead atoms. The number of thiazole rings is 1. The molecule has 0 saturated carbocycles. The van der Waals surface area contributed by atoms with Crippen LogP contribution in [0.5, 0.6) is 0 Å². The lowest BCUT2D eigenvalue weighted by atomic mass is 10.2. The van der Waals surface area contributed by atoms with Crippen LogP contribution in [0, 0.1) is 0 Å². The fourth-order valence-corrected chi connectivity index (χ4v) is 3.55. The molecule has 2 N–H and O–H groups in total. The number of carbonyl (C=O) groups is 1. The standard InChI is InChI=1S/C23H17ClN4OS/c24-19-10-6-16(7-11-19)14-25-28-22(29)18-8-12-20(13-9-18)26-23-27-21(15-30-23)17-4-2-1-3-5-17/h1-15H,(H,26,27)(H,28,29)/b25-14-. The van der Waals surface area contributed by atoms with E-state index in [0.717, 1.165) is 27.6 Å². The predicted octanol–water partition coefficient (Wildman–Crippen LogP) is 5.97. The summed E-state index contributed by atoms with van der Waals surface area (Å²) in [4.78, 5) is 16.9. The number of hydrogen-bond donors (Lipinski definition) is 2. The van der Waals surface area contributed by atoms with Gasteiger partial charge in [0.2, 0.25) is 0 Å². The van der Waals surface area contributed by atoms with Crippen molar-refractivity contribution in [2.75, 3.05) is 5.32 Å². The summed E-state index contributed by atoms with van der Waals surface area (Å²) in [6.45, 7) is 0. The van der Waals surface area contributed by atoms with Crippen molar-refractivity contribution >= 4 is 45.9 Å². The molecule has 0 fully saturated rings. The number of hydrazone groups is 1. The van der Waals surface area contributed by atoms with E-state index in [1.165, 1.54) is 11.3 Å². The highest BCUT2D eigenvalue weighted by Crippen LogP contribution is 2.27. The van der Waals surface area contributed by atoms with Gasteiger partial charge in [-0.2, -0.15) is 5.10 Å². The molecule has 1 heterocycles. The summed E-state index contributed by atoms with van der Waals surface area (Å²) in [5.74, 6) is -0.285. The molecule has 0 atom stereocenters. The molecule has 7 heteroatoms. The Kier molecular flexibility index (Phi) is 6.17. The number of halogens is 1. The first kappa shape index (κ1) is 19.8. The minimum Gasteiger partial charge on any atom is -0.332 e. The van der Waals surface area contributed by atoms with Crippen LogP contribution in [0.1, 0.15) is 15.9 Å². The van der Waals surface area contributed by atoms with Gasteiger partial charge in [0.15, 0.2) is 5.13 Å². The van der Waals surface area contributed by atoms with Crippen molar-refractivity contribution in [3.63, 3.8) is 0 Å². The first-order chi connectivity index (χ1) is 14.7. The van der Waals surface area contributed by atoms with Crippen LogP contribution in [0.2, 0.25) is 5.02 Å². The zero-order chi connectivity index (χ0) is 20.8. The summed E-state index contributed by atoms with van der Waals surface area (Å²) in [6.07, 6.45) is 1.57. The van der Waals surface area contributed by atoms with Crippen molar-refractivity contribution in [1.29, 1.82) is 0 Å². The van der Waals surface area contributed by atoms with E-state index in [0.29, 0.717) is 10.6 Å². The van der Waals surface area contributed by atoms with Crippen molar-refractivity contribution in [3.8, 4) is 11.3 Å². The monoisotopic (exact) mass is 432 g/mol. The molecule has 148 valence electrons. The number of nitrogens with zero attached hydrogens (tertiary/aromatic N) is 2. The molecule has 4 rings (SSSR count). The van der Waals surface area contributed by atoms with Crippen molar-refractivity contribution in [2.24, 2.45) is 5.10 Å². The van der Waals surface area contributed by atoms with Gasteiger partial charge in [0, 0.05) is 27.2 Å². The van der Waals surface area contributed by atoms with Crippen LogP contribution in [0.4, 0.5) is 10.8 Å². The van der Waals surface area contributed by atoms with Crippen LogP contribution in [0.25, 0.3) is 11.3 Å². The molecular formula is C23H17ClN4OS. The zero-order valence-electron chi connectivity index (χ0n) is 15.7. The third-order valence-electron chi connectivity index (χ3n) is 4.22. The van der Waals surface area contributed by atoms with Gasteiger partial charge in [-0.05, 0) is 42.0 Å². The summed E-state index contributed by atoms with van der Waals surface area (Å²) in [7, 11) is 0. The predicted molar refractivity (Wildman–Crippen MR) is 124 cm³/mol. The topological polar surface area (TPSA) is 66.4 Å². The zero-order valence-corrected chi connectivity index (χ0v) is 17.3. The summed E-state index contributed by atoms with van der Waals surface area (Å²) in [5.41, 5.74) is 6.73. The molecular weight excluding hydrogens is 416 g/mol. The maximum absolute atomic E-state index is 12.2. The van der Waals surface area contributed by atoms with E-state index >= 15 is 0 Å². The molecule has 0 saturated heterocycles. The smallest absolute Gasteiger partial charge is 0.271 e.